The van der Waals surface area contributed by atoms with Crippen LogP contribution < -0.4 is 15.8 Å². The highest BCUT2D eigenvalue weighted by atomic mass is 16.2. The molecule has 0 saturated heterocycles. The fourth-order valence-corrected chi connectivity index (χ4v) is 2.34. The number of rotatable bonds is 8. The molecular weight excluding hydrogens is 276 g/mol. The molecule has 0 atom stereocenters. The quantitative estimate of drug-likeness (QED) is 0.691. The second kappa shape index (κ2) is 13.5. The minimum absolute atomic E-state index is 0.321. The van der Waals surface area contributed by atoms with E-state index < -0.39 is 0 Å². The minimum atomic E-state index is -0.323. The molecular formula is C18H36N2O2. The molecule has 0 amide bonds. The molecule has 0 aliphatic carbocycles. The monoisotopic (exact) mass is 312 g/mol. The lowest BCUT2D eigenvalue weighted by molar-refractivity contribution is 0.286. The van der Waals surface area contributed by atoms with Gasteiger partial charge in [0.15, 0.2) is 0 Å². The molecule has 0 bridgehead atoms. The lowest BCUT2D eigenvalue weighted by Crippen LogP contribution is -2.42. The summed E-state index contributed by atoms with van der Waals surface area (Å²) in [6.45, 7) is 18.1. The molecule has 0 N–H and O–H groups in total. The SMILES string of the molecule is CC.CC.CCCN(CC)CCCN(C)c1c(C)c(=O)c1=O. The molecule has 0 radical (unpaired) electrons. The molecule has 130 valence electrons. The van der Waals surface area contributed by atoms with Crippen LogP contribution in [0.4, 0.5) is 5.69 Å². The molecule has 0 saturated carbocycles. The van der Waals surface area contributed by atoms with E-state index in [9.17, 15) is 9.59 Å². The Morgan fingerprint density at radius 2 is 1.41 bits per heavy atom. The molecule has 22 heavy (non-hydrogen) atoms. The lowest BCUT2D eigenvalue weighted by atomic mass is 10.1. The van der Waals surface area contributed by atoms with Crippen molar-refractivity contribution in [1.29, 1.82) is 0 Å². The van der Waals surface area contributed by atoms with Gasteiger partial charge in [-0.05, 0) is 39.4 Å². The maximum atomic E-state index is 11.4. The van der Waals surface area contributed by atoms with E-state index in [2.05, 4.69) is 18.7 Å². The molecule has 0 heterocycles. The fourth-order valence-electron chi connectivity index (χ4n) is 2.34. The molecule has 1 rings (SSSR count). The van der Waals surface area contributed by atoms with Crippen LogP contribution in [-0.2, 0) is 0 Å². The third-order valence-electron chi connectivity index (χ3n) is 3.45. The van der Waals surface area contributed by atoms with Gasteiger partial charge in [0.25, 0.3) is 0 Å². The van der Waals surface area contributed by atoms with Gasteiger partial charge in [-0.25, -0.2) is 0 Å². The Kier molecular flexibility index (Phi) is 14.2. The molecule has 4 nitrogen and oxygen atoms in total. The zero-order valence-electron chi connectivity index (χ0n) is 16.0. The van der Waals surface area contributed by atoms with Crippen molar-refractivity contribution >= 4 is 5.69 Å². The van der Waals surface area contributed by atoms with Crippen LogP contribution in [0, 0.1) is 6.92 Å². The molecule has 0 fully saturated rings. The first-order valence-corrected chi connectivity index (χ1v) is 8.76. The van der Waals surface area contributed by atoms with Crippen molar-refractivity contribution in [3.63, 3.8) is 0 Å². The number of hydrogen-bond acceptors (Lipinski definition) is 4. The Morgan fingerprint density at radius 3 is 1.82 bits per heavy atom. The van der Waals surface area contributed by atoms with E-state index >= 15 is 0 Å². The van der Waals surface area contributed by atoms with E-state index in [1.165, 1.54) is 6.42 Å². The van der Waals surface area contributed by atoms with Crippen molar-refractivity contribution in [3.05, 3.63) is 26.0 Å². The Hall–Kier alpha value is -1.16. The molecule has 1 aromatic carbocycles. The molecule has 0 unspecified atom stereocenters. The van der Waals surface area contributed by atoms with Crippen LogP contribution in [-0.4, -0.2) is 38.1 Å². The average Bonchev–Trinajstić information content (AvgIpc) is 2.57. The van der Waals surface area contributed by atoms with Gasteiger partial charge >= 0.3 is 0 Å². The van der Waals surface area contributed by atoms with Gasteiger partial charge in [0.1, 0.15) is 0 Å². The molecule has 4 heteroatoms. The Labute approximate surface area is 136 Å². The van der Waals surface area contributed by atoms with Crippen LogP contribution in [0.2, 0.25) is 0 Å². The van der Waals surface area contributed by atoms with Crippen LogP contribution in [0.3, 0.4) is 0 Å². The summed E-state index contributed by atoms with van der Waals surface area (Å²) in [5.74, 6) is 0. The summed E-state index contributed by atoms with van der Waals surface area (Å²) >= 11 is 0. The standard InChI is InChI=1S/C14H24N2O2.2C2H6/c1-5-8-16(6-2)10-7-9-15(4)12-11(3)13(17)14(12)18;2*1-2/h5-10H2,1-4H3;2*1-2H3. The first kappa shape index (κ1) is 23.1. The topological polar surface area (TPSA) is 40.6 Å². The van der Waals surface area contributed by atoms with Crippen molar-refractivity contribution in [2.75, 3.05) is 38.1 Å². The van der Waals surface area contributed by atoms with Gasteiger partial charge in [-0.2, -0.15) is 0 Å². The van der Waals surface area contributed by atoms with Gasteiger partial charge in [0.05, 0.1) is 5.69 Å². The average molecular weight is 312 g/mol. The third kappa shape index (κ3) is 6.73. The van der Waals surface area contributed by atoms with Crippen molar-refractivity contribution < 1.29 is 0 Å². The summed E-state index contributed by atoms with van der Waals surface area (Å²) in [6, 6.07) is 0. The van der Waals surface area contributed by atoms with E-state index in [0.29, 0.717) is 11.3 Å². The number of nitrogens with zero attached hydrogens (tertiary/aromatic N) is 2. The molecule has 0 spiro atoms. The smallest absolute Gasteiger partial charge is 0.249 e. The van der Waals surface area contributed by atoms with Crippen LogP contribution in [0.15, 0.2) is 9.59 Å². The van der Waals surface area contributed by atoms with Crippen molar-refractivity contribution in [1.82, 2.24) is 4.90 Å². The maximum absolute atomic E-state index is 11.4. The first-order chi connectivity index (χ1) is 10.5. The van der Waals surface area contributed by atoms with E-state index in [4.69, 9.17) is 0 Å². The summed E-state index contributed by atoms with van der Waals surface area (Å²) in [5, 5.41) is 0. The van der Waals surface area contributed by atoms with E-state index in [1.807, 2.05) is 39.6 Å². The van der Waals surface area contributed by atoms with E-state index in [0.717, 1.165) is 32.6 Å². The summed E-state index contributed by atoms with van der Waals surface area (Å²) < 4.78 is 0. The van der Waals surface area contributed by atoms with Gasteiger partial charge in [0, 0.05) is 19.2 Å². The normalized spacial score (nSPS) is 9.86. The van der Waals surface area contributed by atoms with Crippen molar-refractivity contribution in [3.8, 4) is 0 Å². The molecule has 0 aliphatic heterocycles. The van der Waals surface area contributed by atoms with Crippen LogP contribution in [0.25, 0.3) is 0 Å². The minimum Gasteiger partial charge on any atom is -0.371 e. The van der Waals surface area contributed by atoms with Gasteiger partial charge in [-0.15, -0.1) is 0 Å². The fraction of sp³-hybridized carbons (Fsp3) is 0.778. The van der Waals surface area contributed by atoms with Crippen LogP contribution in [0.5, 0.6) is 0 Å². The Morgan fingerprint density at radius 1 is 0.864 bits per heavy atom. The highest BCUT2D eigenvalue weighted by molar-refractivity contribution is 5.57. The van der Waals surface area contributed by atoms with Crippen LogP contribution >= 0.6 is 0 Å². The summed E-state index contributed by atoms with van der Waals surface area (Å²) in [4.78, 5) is 26.9. The zero-order chi connectivity index (χ0) is 17.7. The predicted octanol–water partition coefficient (Wildman–Crippen LogP) is 3.20. The summed E-state index contributed by atoms with van der Waals surface area (Å²) in [5.41, 5.74) is 0.580. The summed E-state index contributed by atoms with van der Waals surface area (Å²) in [7, 11) is 1.89. The first-order valence-electron chi connectivity index (χ1n) is 8.76. The molecule has 1 aromatic rings. The third-order valence-corrected chi connectivity index (χ3v) is 3.45. The van der Waals surface area contributed by atoms with E-state index in [-0.39, 0.29) is 10.9 Å². The van der Waals surface area contributed by atoms with Gasteiger partial charge in [-0.1, -0.05) is 41.5 Å². The van der Waals surface area contributed by atoms with Crippen molar-refractivity contribution in [2.24, 2.45) is 0 Å². The second-order valence-electron chi connectivity index (χ2n) is 4.84. The maximum Gasteiger partial charge on any atom is 0.249 e. The largest absolute Gasteiger partial charge is 0.371 e. The van der Waals surface area contributed by atoms with Crippen molar-refractivity contribution in [2.45, 2.75) is 61.3 Å². The van der Waals surface area contributed by atoms with Crippen LogP contribution in [0.1, 0.15) is 59.9 Å². The van der Waals surface area contributed by atoms with Gasteiger partial charge in [0.2, 0.25) is 10.9 Å². The Bertz CT molecular complexity index is 448. The zero-order valence-corrected chi connectivity index (χ0v) is 16.0. The highest BCUT2D eigenvalue weighted by Gasteiger charge is 2.19. The highest BCUT2D eigenvalue weighted by Crippen LogP contribution is 2.11. The molecule has 0 aromatic heterocycles. The van der Waals surface area contributed by atoms with E-state index in [1.54, 1.807) is 6.92 Å². The predicted molar refractivity (Wildman–Crippen MR) is 99.1 cm³/mol. The second-order valence-corrected chi connectivity index (χ2v) is 4.84. The Balaban J connectivity index is 0. The van der Waals surface area contributed by atoms with Gasteiger partial charge in [-0.3, -0.25) is 9.59 Å². The lowest BCUT2D eigenvalue weighted by Gasteiger charge is -2.24. The summed E-state index contributed by atoms with van der Waals surface area (Å²) in [6.07, 6.45) is 2.18. The molecule has 0 aliphatic rings. The number of hydrogen-bond donors (Lipinski definition) is 0. The number of anilines is 1. The van der Waals surface area contributed by atoms with Gasteiger partial charge < -0.3 is 9.80 Å².